The SMILES string of the molecule is CN(C)c1ccc(-c2cnc(NC(=O)C(C)(C)C)cn2)cc1. The summed E-state index contributed by atoms with van der Waals surface area (Å²) in [5.74, 6) is 0.387. The first-order valence-electron chi connectivity index (χ1n) is 7.18. The van der Waals surface area contributed by atoms with Gasteiger partial charge in [0.15, 0.2) is 5.82 Å². The predicted molar refractivity (Wildman–Crippen MR) is 89.9 cm³/mol. The molecule has 0 radical (unpaired) electrons. The number of carbonyl (C=O) groups is 1. The highest BCUT2D eigenvalue weighted by Gasteiger charge is 2.21. The molecule has 2 rings (SSSR count). The maximum atomic E-state index is 11.9. The van der Waals surface area contributed by atoms with Crippen molar-refractivity contribution in [3.8, 4) is 11.3 Å². The summed E-state index contributed by atoms with van der Waals surface area (Å²) in [6.07, 6.45) is 3.25. The van der Waals surface area contributed by atoms with Crippen LogP contribution in [0.4, 0.5) is 11.5 Å². The lowest BCUT2D eigenvalue weighted by molar-refractivity contribution is -0.123. The molecule has 5 heteroatoms. The molecule has 0 aliphatic heterocycles. The minimum absolute atomic E-state index is 0.0788. The largest absolute Gasteiger partial charge is 0.378 e. The Labute approximate surface area is 131 Å². The van der Waals surface area contributed by atoms with E-state index in [0.717, 1.165) is 16.9 Å². The van der Waals surface area contributed by atoms with Gasteiger partial charge in [-0.3, -0.25) is 9.78 Å². The van der Waals surface area contributed by atoms with E-state index in [9.17, 15) is 4.79 Å². The fraction of sp³-hybridized carbons (Fsp3) is 0.353. The average Bonchev–Trinajstić information content (AvgIpc) is 2.47. The Morgan fingerprint density at radius 3 is 2.14 bits per heavy atom. The number of anilines is 2. The van der Waals surface area contributed by atoms with Crippen LogP contribution in [-0.4, -0.2) is 30.0 Å². The molecule has 1 amide bonds. The first kappa shape index (κ1) is 15.9. The molecule has 0 unspecified atom stereocenters. The predicted octanol–water partition coefficient (Wildman–Crippen LogP) is 3.19. The van der Waals surface area contributed by atoms with Gasteiger partial charge in [-0.25, -0.2) is 4.98 Å². The molecule has 1 aromatic heterocycles. The van der Waals surface area contributed by atoms with Gasteiger partial charge in [0.2, 0.25) is 5.91 Å². The van der Waals surface area contributed by atoms with Gasteiger partial charge in [-0.2, -0.15) is 0 Å². The minimum Gasteiger partial charge on any atom is -0.378 e. The third kappa shape index (κ3) is 3.81. The molecule has 2 aromatic rings. The van der Waals surface area contributed by atoms with Gasteiger partial charge in [-0.1, -0.05) is 32.9 Å². The summed E-state index contributed by atoms with van der Waals surface area (Å²) < 4.78 is 0. The van der Waals surface area contributed by atoms with Crippen molar-refractivity contribution in [3.63, 3.8) is 0 Å². The fourth-order valence-corrected chi connectivity index (χ4v) is 1.78. The van der Waals surface area contributed by atoms with E-state index in [1.807, 2.05) is 64.0 Å². The summed E-state index contributed by atoms with van der Waals surface area (Å²) in [5.41, 5.74) is 2.44. The van der Waals surface area contributed by atoms with Gasteiger partial charge in [0.1, 0.15) is 0 Å². The second-order valence-electron chi connectivity index (χ2n) is 6.43. The summed E-state index contributed by atoms with van der Waals surface area (Å²) >= 11 is 0. The summed E-state index contributed by atoms with van der Waals surface area (Å²) in [6, 6.07) is 8.08. The summed E-state index contributed by atoms with van der Waals surface area (Å²) in [6.45, 7) is 5.57. The zero-order chi connectivity index (χ0) is 16.3. The molecule has 0 aliphatic carbocycles. The highest BCUT2D eigenvalue weighted by molar-refractivity contribution is 5.93. The zero-order valence-electron chi connectivity index (χ0n) is 13.7. The van der Waals surface area contributed by atoms with Crippen LogP contribution in [0.3, 0.4) is 0 Å². The van der Waals surface area contributed by atoms with Gasteiger partial charge in [0.25, 0.3) is 0 Å². The minimum atomic E-state index is -0.456. The molecular formula is C17H22N4O. The molecule has 1 aromatic carbocycles. The number of benzene rings is 1. The van der Waals surface area contributed by atoms with Crippen molar-refractivity contribution in [1.29, 1.82) is 0 Å². The van der Waals surface area contributed by atoms with E-state index in [-0.39, 0.29) is 5.91 Å². The average molecular weight is 298 g/mol. The van der Waals surface area contributed by atoms with Crippen LogP contribution in [0.2, 0.25) is 0 Å². The molecule has 116 valence electrons. The van der Waals surface area contributed by atoms with Crippen molar-refractivity contribution in [2.75, 3.05) is 24.3 Å². The third-order valence-electron chi connectivity index (χ3n) is 3.25. The van der Waals surface area contributed by atoms with Crippen LogP contribution < -0.4 is 10.2 Å². The normalized spacial score (nSPS) is 11.1. The quantitative estimate of drug-likeness (QED) is 0.945. The Balaban J connectivity index is 2.13. The van der Waals surface area contributed by atoms with Crippen molar-refractivity contribution < 1.29 is 4.79 Å². The van der Waals surface area contributed by atoms with E-state index >= 15 is 0 Å². The lowest BCUT2D eigenvalue weighted by Gasteiger charge is -2.17. The van der Waals surface area contributed by atoms with Gasteiger partial charge >= 0.3 is 0 Å². The molecule has 0 saturated heterocycles. The molecule has 1 N–H and O–H groups in total. The van der Waals surface area contributed by atoms with Crippen LogP contribution in [0.1, 0.15) is 20.8 Å². The third-order valence-corrected chi connectivity index (χ3v) is 3.25. The van der Waals surface area contributed by atoms with Crippen LogP contribution in [0.25, 0.3) is 11.3 Å². The van der Waals surface area contributed by atoms with Gasteiger partial charge in [-0.05, 0) is 12.1 Å². The molecule has 0 saturated carbocycles. The van der Waals surface area contributed by atoms with E-state index in [1.54, 1.807) is 12.4 Å². The summed E-state index contributed by atoms with van der Waals surface area (Å²) in [5, 5.41) is 2.77. The van der Waals surface area contributed by atoms with Gasteiger partial charge < -0.3 is 10.2 Å². The lowest BCUT2D eigenvalue weighted by atomic mass is 9.96. The number of rotatable bonds is 3. The molecule has 0 fully saturated rings. The Hall–Kier alpha value is -2.43. The molecule has 22 heavy (non-hydrogen) atoms. The number of hydrogen-bond donors (Lipinski definition) is 1. The van der Waals surface area contributed by atoms with E-state index < -0.39 is 5.41 Å². The molecule has 0 aliphatic rings. The second-order valence-corrected chi connectivity index (χ2v) is 6.43. The van der Waals surface area contributed by atoms with Crippen LogP contribution in [0.5, 0.6) is 0 Å². The maximum absolute atomic E-state index is 11.9. The van der Waals surface area contributed by atoms with Crippen LogP contribution in [-0.2, 0) is 4.79 Å². The number of amides is 1. The number of aromatic nitrogens is 2. The van der Waals surface area contributed by atoms with Crippen molar-refractivity contribution in [3.05, 3.63) is 36.7 Å². The number of hydrogen-bond acceptors (Lipinski definition) is 4. The molecule has 5 nitrogen and oxygen atoms in total. The second kappa shape index (κ2) is 6.13. The Morgan fingerprint density at radius 1 is 1.05 bits per heavy atom. The van der Waals surface area contributed by atoms with Crippen molar-refractivity contribution in [2.45, 2.75) is 20.8 Å². The topological polar surface area (TPSA) is 58.1 Å². The van der Waals surface area contributed by atoms with Gasteiger partial charge in [0, 0.05) is 30.8 Å². The van der Waals surface area contributed by atoms with Gasteiger partial charge in [-0.15, -0.1) is 0 Å². The van der Waals surface area contributed by atoms with Crippen molar-refractivity contribution >= 4 is 17.4 Å². The fourth-order valence-electron chi connectivity index (χ4n) is 1.78. The van der Waals surface area contributed by atoms with Crippen molar-refractivity contribution in [1.82, 2.24) is 9.97 Å². The van der Waals surface area contributed by atoms with Crippen LogP contribution >= 0.6 is 0 Å². The molecule has 0 bridgehead atoms. The van der Waals surface area contributed by atoms with Gasteiger partial charge in [0.05, 0.1) is 18.1 Å². The van der Waals surface area contributed by atoms with E-state index in [4.69, 9.17) is 0 Å². The molecule has 0 atom stereocenters. The monoisotopic (exact) mass is 298 g/mol. The Bertz CT molecular complexity index is 640. The number of nitrogens with one attached hydrogen (secondary N) is 1. The molecular weight excluding hydrogens is 276 g/mol. The van der Waals surface area contributed by atoms with E-state index in [2.05, 4.69) is 15.3 Å². The highest BCUT2D eigenvalue weighted by atomic mass is 16.2. The Kier molecular flexibility index (Phi) is 4.45. The Morgan fingerprint density at radius 2 is 1.68 bits per heavy atom. The number of carbonyl (C=O) groups excluding carboxylic acids is 1. The first-order valence-corrected chi connectivity index (χ1v) is 7.18. The highest BCUT2D eigenvalue weighted by Crippen LogP contribution is 2.21. The van der Waals surface area contributed by atoms with Crippen LogP contribution in [0, 0.1) is 5.41 Å². The summed E-state index contributed by atoms with van der Waals surface area (Å²) in [7, 11) is 4.00. The van der Waals surface area contributed by atoms with E-state index in [1.165, 1.54) is 0 Å². The zero-order valence-corrected chi connectivity index (χ0v) is 13.7. The standard InChI is InChI=1S/C17H22N4O/c1-17(2,3)16(22)20-15-11-18-14(10-19-15)12-6-8-13(9-7-12)21(4)5/h6-11H,1-5H3,(H,19,20,22). The van der Waals surface area contributed by atoms with E-state index in [0.29, 0.717) is 5.82 Å². The molecule has 0 spiro atoms. The van der Waals surface area contributed by atoms with Crippen molar-refractivity contribution in [2.24, 2.45) is 5.41 Å². The lowest BCUT2D eigenvalue weighted by Crippen LogP contribution is -2.28. The first-order chi connectivity index (χ1) is 10.3. The summed E-state index contributed by atoms with van der Waals surface area (Å²) in [4.78, 5) is 22.6. The smallest absolute Gasteiger partial charge is 0.230 e. The number of nitrogens with zero attached hydrogens (tertiary/aromatic N) is 3. The van der Waals surface area contributed by atoms with Crippen LogP contribution in [0.15, 0.2) is 36.7 Å². The maximum Gasteiger partial charge on any atom is 0.230 e. The molecule has 1 heterocycles.